The maximum atomic E-state index is 13.8. The SMILES string of the molecule is CC(C)CNC(=O)CCN1CCN(c2ccccc2F)CC1. The van der Waals surface area contributed by atoms with E-state index in [4.69, 9.17) is 0 Å². The first-order valence-corrected chi connectivity index (χ1v) is 8.05. The van der Waals surface area contributed by atoms with Gasteiger partial charge in [0.05, 0.1) is 5.69 Å². The maximum absolute atomic E-state index is 13.8. The highest BCUT2D eigenvalue weighted by atomic mass is 19.1. The Morgan fingerprint density at radius 2 is 1.91 bits per heavy atom. The normalized spacial score (nSPS) is 16.1. The van der Waals surface area contributed by atoms with Crippen LogP contribution in [0.5, 0.6) is 0 Å². The van der Waals surface area contributed by atoms with Gasteiger partial charge in [-0.15, -0.1) is 0 Å². The van der Waals surface area contributed by atoms with Gasteiger partial charge < -0.3 is 10.2 Å². The minimum absolute atomic E-state index is 0.116. The van der Waals surface area contributed by atoms with Gasteiger partial charge >= 0.3 is 0 Å². The molecule has 1 aromatic rings. The van der Waals surface area contributed by atoms with Crippen LogP contribution in [0.3, 0.4) is 0 Å². The molecule has 122 valence electrons. The second kappa shape index (κ2) is 8.13. The lowest BCUT2D eigenvalue weighted by molar-refractivity contribution is -0.121. The topological polar surface area (TPSA) is 35.6 Å². The van der Waals surface area contributed by atoms with Crippen LogP contribution in [0.2, 0.25) is 0 Å². The van der Waals surface area contributed by atoms with Crippen molar-refractivity contribution in [2.24, 2.45) is 5.92 Å². The van der Waals surface area contributed by atoms with Gasteiger partial charge in [-0.2, -0.15) is 0 Å². The summed E-state index contributed by atoms with van der Waals surface area (Å²) in [7, 11) is 0. The summed E-state index contributed by atoms with van der Waals surface area (Å²) in [5.74, 6) is 0.433. The fraction of sp³-hybridized carbons (Fsp3) is 0.588. The third-order valence-corrected chi connectivity index (χ3v) is 3.93. The molecule has 1 saturated heterocycles. The van der Waals surface area contributed by atoms with Crippen molar-refractivity contribution in [1.82, 2.24) is 10.2 Å². The molecule has 1 heterocycles. The summed E-state index contributed by atoms with van der Waals surface area (Å²) >= 11 is 0. The Labute approximate surface area is 132 Å². The van der Waals surface area contributed by atoms with Gasteiger partial charge in [0.2, 0.25) is 5.91 Å². The Hall–Kier alpha value is -1.62. The van der Waals surface area contributed by atoms with Crippen LogP contribution < -0.4 is 10.2 Å². The second-order valence-corrected chi connectivity index (χ2v) is 6.23. The molecule has 0 bridgehead atoms. The van der Waals surface area contributed by atoms with Gasteiger partial charge in [-0.05, 0) is 18.1 Å². The smallest absolute Gasteiger partial charge is 0.221 e. The van der Waals surface area contributed by atoms with Gasteiger partial charge in [0, 0.05) is 45.7 Å². The van der Waals surface area contributed by atoms with E-state index in [0.29, 0.717) is 18.0 Å². The molecular weight excluding hydrogens is 281 g/mol. The average molecular weight is 307 g/mol. The lowest BCUT2D eigenvalue weighted by Gasteiger charge is -2.36. The first-order valence-electron chi connectivity index (χ1n) is 8.05. The van der Waals surface area contributed by atoms with E-state index in [0.717, 1.165) is 39.3 Å². The van der Waals surface area contributed by atoms with E-state index in [1.54, 1.807) is 6.07 Å². The lowest BCUT2D eigenvalue weighted by atomic mass is 10.2. The van der Waals surface area contributed by atoms with Gasteiger partial charge in [-0.1, -0.05) is 26.0 Å². The van der Waals surface area contributed by atoms with Crippen molar-refractivity contribution >= 4 is 11.6 Å². The predicted molar refractivity (Wildman–Crippen MR) is 87.5 cm³/mol. The quantitative estimate of drug-likeness (QED) is 0.874. The van der Waals surface area contributed by atoms with E-state index < -0.39 is 0 Å². The number of benzene rings is 1. The third kappa shape index (κ3) is 4.98. The van der Waals surface area contributed by atoms with Crippen LogP contribution in [0.1, 0.15) is 20.3 Å². The van der Waals surface area contributed by atoms with Gasteiger partial charge in [0.25, 0.3) is 0 Å². The van der Waals surface area contributed by atoms with Crippen molar-refractivity contribution in [3.8, 4) is 0 Å². The number of nitrogens with one attached hydrogen (secondary N) is 1. The molecule has 0 aliphatic carbocycles. The van der Waals surface area contributed by atoms with E-state index in [9.17, 15) is 9.18 Å². The van der Waals surface area contributed by atoms with Gasteiger partial charge in [0.1, 0.15) is 5.82 Å². The van der Waals surface area contributed by atoms with Crippen molar-refractivity contribution in [2.45, 2.75) is 20.3 Å². The number of nitrogens with zero attached hydrogens (tertiary/aromatic N) is 2. The van der Waals surface area contributed by atoms with Crippen molar-refractivity contribution < 1.29 is 9.18 Å². The predicted octanol–water partition coefficient (Wildman–Crippen LogP) is 2.11. The number of halogens is 1. The number of rotatable bonds is 6. The van der Waals surface area contributed by atoms with Gasteiger partial charge in [-0.25, -0.2) is 4.39 Å². The van der Waals surface area contributed by atoms with Crippen molar-refractivity contribution in [3.05, 3.63) is 30.1 Å². The van der Waals surface area contributed by atoms with Crippen LogP contribution in [0.4, 0.5) is 10.1 Å². The highest BCUT2D eigenvalue weighted by Gasteiger charge is 2.19. The number of hydrogen-bond donors (Lipinski definition) is 1. The standard InChI is InChI=1S/C17H26FN3O/c1-14(2)13-19-17(22)7-8-20-9-11-21(12-10-20)16-6-4-3-5-15(16)18/h3-6,14H,7-13H2,1-2H3,(H,19,22). The Morgan fingerprint density at radius 3 is 2.55 bits per heavy atom. The molecule has 1 N–H and O–H groups in total. The highest BCUT2D eigenvalue weighted by molar-refractivity contribution is 5.76. The number of anilines is 1. The minimum atomic E-state index is -0.163. The molecule has 5 heteroatoms. The molecule has 1 aromatic carbocycles. The Balaban J connectivity index is 1.71. The van der Waals surface area contributed by atoms with Gasteiger partial charge in [-0.3, -0.25) is 9.69 Å². The van der Waals surface area contributed by atoms with Crippen molar-refractivity contribution in [2.75, 3.05) is 44.2 Å². The molecule has 1 fully saturated rings. The zero-order valence-corrected chi connectivity index (χ0v) is 13.5. The van der Waals surface area contributed by atoms with Crippen molar-refractivity contribution in [1.29, 1.82) is 0 Å². The molecule has 0 radical (unpaired) electrons. The monoisotopic (exact) mass is 307 g/mol. The van der Waals surface area contributed by atoms with Crippen LogP contribution in [-0.4, -0.2) is 50.1 Å². The summed E-state index contributed by atoms with van der Waals surface area (Å²) in [6, 6.07) is 6.90. The summed E-state index contributed by atoms with van der Waals surface area (Å²) in [6.07, 6.45) is 0.534. The number of carbonyl (C=O) groups is 1. The molecule has 0 saturated carbocycles. The molecule has 4 nitrogen and oxygen atoms in total. The zero-order chi connectivity index (χ0) is 15.9. The zero-order valence-electron chi connectivity index (χ0n) is 13.5. The average Bonchev–Trinajstić information content (AvgIpc) is 2.52. The number of para-hydroxylation sites is 1. The van der Waals surface area contributed by atoms with E-state index in [2.05, 4.69) is 29.0 Å². The fourth-order valence-electron chi connectivity index (χ4n) is 2.59. The van der Waals surface area contributed by atoms with Crippen LogP contribution in [0, 0.1) is 11.7 Å². The maximum Gasteiger partial charge on any atom is 0.221 e. The van der Waals surface area contributed by atoms with Crippen LogP contribution >= 0.6 is 0 Å². The van der Waals surface area contributed by atoms with Crippen LogP contribution in [0.25, 0.3) is 0 Å². The molecule has 0 unspecified atom stereocenters. The molecule has 22 heavy (non-hydrogen) atoms. The summed E-state index contributed by atoms with van der Waals surface area (Å²) < 4.78 is 13.8. The highest BCUT2D eigenvalue weighted by Crippen LogP contribution is 2.20. The molecule has 0 spiro atoms. The van der Waals surface area contributed by atoms with E-state index >= 15 is 0 Å². The summed E-state index contributed by atoms with van der Waals surface area (Å²) in [5, 5.41) is 2.94. The van der Waals surface area contributed by atoms with E-state index in [1.807, 2.05) is 12.1 Å². The molecule has 0 aromatic heterocycles. The number of amides is 1. The first kappa shape index (κ1) is 16.7. The van der Waals surface area contributed by atoms with E-state index in [-0.39, 0.29) is 11.7 Å². The number of piperazine rings is 1. The molecule has 0 atom stereocenters. The first-order chi connectivity index (χ1) is 10.6. The van der Waals surface area contributed by atoms with Gasteiger partial charge in [0.15, 0.2) is 0 Å². The fourth-order valence-corrected chi connectivity index (χ4v) is 2.59. The molecule has 2 rings (SSSR count). The Bertz CT molecular complexity index is 485. The van der Waals surface area contributed by atoms with Crippen molar-refractivity contribution in [3.63, 3.8) is 0 Å². The third-order valence-electron chi connectivity index (χ3n) is 3.93. The second-order valence-electron chi connectivity index (χ2n) is 6.23. The Kier molecular flexibility index (Phi) is 6.19. The molecule has 1 amide bonds. The van der Waals surface area contributed by atoms with Crippen LogP contribution in [-0.2, 0) is 4.79 Å². The Morgan fingerprint density at radius 1 is 1.23 bits per heavy atom. The number of carbonyl (C=O) groups excluding carboxylic acids is 1. The van der Waals surface area contributed by atoms with Crippen LogP contribution in [0.15, 0.2) is 24.3 Å². The summed E-state index contributed by atoms with van der Waals surface area (Å²) in [4.78, 5) is 16.1. The molecule has 1 aliphatic heterocycles. The minimum Gasteiger partial charge on any atom is -0.367 e. The number of hydrogen-bond acceptors (Lipinski definition) is 3. The molecule has 1 aliphatic rings. The summed E-state index contributed by atoms with van der Waals surface area (Å²) in [5.41, 5.74) is 0.678. The molecular formula is C17H26FN3O. The largest absolute Gasteiger partial charge is 0.367 e. The summed E-state index contributed by atoms with van der Waals surface area (Å²) in [6.45, 7) is 9.01. The van der Waals surface area contributed by atoms with E-state index in [1.165, 1.54) is 6.07 Å². The lowest BCUT2D eigenvalue weighted by Crippen LogP contribution is -2.47.